The van der Waals surface area contributed by atoms with Crippen LogP contribution >= 0.6 is 0 Å². The van der Waals surface area contributed by atoms with Gasteiger partial charge in [0.15, 0.2) is 0 Å². The number of rotatable bonds is 2. The molecule has 1 aliphatic rings. The smallest absolute Gasteiger partial charge is 0.0452 e. The molecule has 0 aliphatic carbocycles. The Balaban J connectivity index is 2.34. The van der Waals surface area contributed by atoms with Crippen molar-refractivity contribution in [2.45, 2.75) is 20.3 Å². The first-order valence-corrected chi connectivity index (χ1v) is 3.30. The van der Waals surface area contributed by atoms with Gasteiger partial charge in [-0.15, -0.1) is 5.53 Å². The Morgan fingerprint density at radius 2 is 2.44 bits per heavy atom. The summed E-state index contributed by atoms with van der Waals surface area (Å²) in [7, 11) is 0. The van der Waals surface area contributed by atoms with E-state index < -0.39 is 0 Å². The van der Waals surface area contributed by atoms with E-state index in [1.165, 1.54) is 12.1 Å². The van der Waals surface area contributed by atoms with E-state index >= 15 is 0 Å². The second kappa shape index (κ2) is 2.73. The fraction of sp³-hybridized carbons (Fsp3) is 0.667. The third-order valence-corrected chi connectivity index (χ3v) is 1.35. The Kier molecular flexibility index (Phi) is 1.95. The molecule has 0 aromatic rings. The van der Waals surface area contributed by atoms with Crippen LogP contribution in [0.2, 0.25) is 0 Å². The highest BCUT2D eigenvalue weighted by Crippen LogP contribution is 2.01. The second-order valence-electron chi connectivity index (χ2n) is 2.19. The van der Waals surface area contributed by atoms with Crippen LogP contribution in [0.15, 0.2) is 11.9 Å². The standard InChI is InChI=1S/C6H13N3/c1-3-4-9-6(2)5-7-8-9/h5,7-8H,3-4H2,1-2H3. The summed E-state index contributed by atoms with van der Waals surface area (Å²) >= 11 is 0. The maximum absolute atomic E-state index is 3.00. The SMILES string of the molecule is CCCN1NNC=C1C. The molecule has 0 radical (unpaired) electrons. The molecular formula is C6H13N3. The van der Waals surface area contributed by atoms with E-state index in [4.69, 9.17) is 0 Å². The maximum atomic E-state index is 3.00. The van der Waals surface area contributed by atoms with Crippen molar-refractivity contribution in [3.05, 3.63) is 11.9 Å². The van der Waals surface area contributed by atoms with Crippen molar-refractivity contribution < 1.29 is 0 Å². The molecule has 0 spiro atoms. The number of nitrogens with zero attached hydrogens (tertiary/aromatic N) is 1. The Morgan fingerprint density at radius 3 is 2.89 bits per heavy atom. The maximum Gasteiger partial charge on any atom is 0.0452 e. The molecule has 1 rings (SSSR count). The van der Waals surface area contributed by atoms with Crippen molar-refractivity contribution in [3.63, 3.8) is 0 Å². The topological polar surface area (TPSA) is 27.3 Å². The van der Waals surface area contributed by atoms with Crippen molar-refractivity contribution in [2.75, 3.05) is 6.54 Å². The number of allylic oxidation sites excluding steroid dienone is 1. The van der Waals surface area contributed by atoms with Crippen LogP contribution in [0.4, 0.5) is 0 Å². The number of hydrogen-bond donors (Lipinski definition) is 2. The highest BCUT2D eigenvalue weighted by atomic mass is 15.7. The van der Waals surface area contributed by atoms with Crippen molar-refractivity contribution in [1.82, 2.24) is 16.0 Å². The van der Waals surface area contributed by atoms with Crippen molar-refractivity contribution in [3.8, 4) is 0 Å². The minimum atomic E-state index is 1.06. The predicted molar refractivity (Wildman–Crippen MR) is 37.0 cm³/mol. The first-order valence-electron chi connectivity index (χ1n) is 3.30. The van der Waals surface area contributed by atoms with Gasteiger partial charge in [-0.05, 0) is 13.3 Å². The minimum Gasteiger partial charge on any atom is -0.309 e. The Bertz CT molecular complexity index is 119. The quantitative estimate of drug-likeness (QED) is 0.568. The number of hydrogen-bond acceptors (Lipinski definition) is 3. The second-order valence-corrected chi connectivity index (χ2v) is 2.19. The van der Waals surface area contributed by atoms with Crippen molar-refractivity contribution >= 4 is 0 Å². The number of hydrazine groups is 2. The summed E-state index contributed by atoms with van der Waals surface area (Å²) in [6, 6.07) is 0. The monoisotopic (exact) mass is 127 g/mol. The molecule has 0 amide bonds. The molecule has 0 aromatic carbocycles. The molecule has 0 saturated carbocycles. The van der Waals surface area contributed by atoms with Gasteiger partial charge in [0.05, 0.1) is 0 Å². The van der Waals surface area contributed by atoms with Gasteiger partial charge in [-0.25, -0.2) is 0 Å². The van der Waals surface area contributed by atoms with Gasteiger partial charge < -0.3 is 5.43 Å². The summed E-state index contributed by atoms with van der Waals surface area (Å²) in [5.74, 6) is 0. The molecule has 9 heavy (non-hydrogen) atoms. The van der Waals surface area contributed by atoms with E-state index in [0.717, 1.165) is 6.54 Å². The van der Waals surface area contributed by atoms with Gasteiger partial charge in [-0.2, -0.15) is 0 Å². The molecular weight excluding hydrogens is 114 g/mol. The zero-order valence-electron chi connectivity index (χ0n) is 5.94. The van der Waals surface area contributed by atoms with Gasteiger partial charge in [0.2, 0.25) is 0 Å². The molecule has 0 aromatic heterocycles. The molecule has 0 unspecified atom stereocenters. The fourth-order valence-electron chi connectivity index (χ4n) is 0.837. The van der Waals surface area contributed by atoms with E-state index in [1.54, 1.807) is 0 Å². The highest BCUT2D eigenvalue weighted by molar-refractivity contribution is 4.97. The molecule has 2 N–H and O–H groups in total. The average molecular weight is 127 g/mol. The largest absolute Gasteiger partial charge is 0.309 e. The third-order valence-electron chi connectivity index (χ3n) is 1.35. The van der Waals surface area contributed by atoms with Crippen molar-refractivity contribution in [1.29, 1.82) is 0 Å². The van der Waals surface area contributed by atoms with E-state index in [2.05, 4.69) is 29.8 Å². The van der Waals surface area contributed by atoms with Crippen LogP contribution in [0, 0.1) is 0 Å². The average Bonchev–Trinajstić information content (AvgIpc) is 2.18. The van der Waals surface area contributed by atoms with Gasteiger partial charge >= 0.3 is 0 Å². The molecule has 0 bridgehead atoms. The van der Waals surface area contributed by atoms with E-state index in [1.807, 2.05) is 6.20 Å². The Labute approximate surface area is 55.7 Å². The summed E-state index contributed by atoms with van der Waals surface area (Å²) in [5.41, 5.74) is 7.17. The zero-order valence-corrected chi connectivity index (χ0v) is 5.94. The zero-order chi connectivity index (χ0) is 6.69. The molecule has 0 saturated heterocycles. The van der Waals surface area contributed by atoms with Gasteiger partial charge in [-0.1, -0.05) is 6.92 Å². The number of nitrogens with one attached hydrogen (secondary N) is 2. The van der Waals surface area contributed by atoms with E-state index in [9.17, 15) is 0 Å². The summed E-state index contributed by atoms with van der Waals surface area (Å²) < 4.78 is 0. The molecule has 3 heteroatoms. The molecule has 1 heterocycles. The van der Waals surface area contributed by atoms with Gasteiger partial charge in [0.25, 0.3) is 0 Å². The lowest BCUT2D eigenvalue weighted by Crippen LogP contribution is -2.37. The van der Waals surface area contributed by atoms with Crippen LogP contribution in [0.3, 0.4) is 0 Å². The van der Waals surface area contributed by atoms with Gasteiger partial charge in [0, 0.05) is 18.4 Å². The summed E-state index contributed by atoms with van der Waals surface area (Å²) in [5, 5.41) is 2.08. The lowest BCUT2D eigenvalue weighted by atomic mass is 10.4. The normalized spacial score (nSPS) is 17.6. The minimum absolute atomic E-state index is 1.06. The van der Waals surface area contributed by atoms with E-state index in [-0.39, 0.29) is 0 Å². The first kappa shape index (κ1) is 6.42. The summed E-state index contributed by atoms with van der Waals surface area (Å²) in [6.07, 6.45) is 3.12. The van der Waals surface area contributed by atoms with Crippen LogP contribution < -0.4 is 11.0 Å². The van der Waals surface area contributed by atoms with Crippen LogP contribution in [0.5, 0.6) is 0 Å². The molecule has 0 fully saturated rings. The lowest BCUT2D eigenvalue weighted by Gasteiger charge is -2.17. The molecule has 3 nitrogen and oxygen atoms in total. The van der Waals surface area contributed by atoms with Crippen molar-refractivity contribution in [2.24, 2.45) is 0 Å². The Hall–Kier alpha value is -0.700. The fourth-order valence-corrected chi connectivity index (χ4v) is 0.837. The summed E-state index contributed by atoms with van der Waals surface area (Å²) in [4.78, 5) is 0. The van der Waals surface area contributed by atoms with Gasteiger partial charge in [-0.3, -0.25) is 5.01 Å². The first-order chi connectivity index (χ1) is 4.34. The van der Waals surface area contributed by atoms with Gasteiger partial charge in [0.1, 0.15) is 0 Å². The van der Waals surface area contributed by atoms with Crippen LogP contribution in [-0.2, 0) is 0 Å². The van der Waals surface area contributed by atoms with Crippen LogP contribution in [0.25, 0.3) is 0 Å². The Morgan fingerprint density at radius 1 is 1.67 bits per heavy atom. The van der Waals surface area contributed by atoms with E-state index in [0.29, 0.717) is 0 Å². The van der Waals surface area contributed by atoms with Crippen LogP contribution in [-0.4, -0.2) is 11.6 Å². The third kappa shape index (κ3) is 1.36. The predicted octanol–water partition coefficient (Wildman–Crippen LogP) is 0.582. The van der Waals surface area contributed by atoms with Crippen LogP contribution in [0.1, 0.15) is 20.3 Å². The molecule has 1 aliphatic heterocycles. The highest BCUT2D eigenvalue weighted by Gasteiger charge is 2.06. The molecule has 0 atom stereocenters. The lowest BCUT2D eigenvalue weighted by molar-refractivity contribution is 0.252. The molecule has 52 valence electrons. The summed E-state index contributed by atoms with van der Waals surface area (Å²) in [6.45, 7) is 5.30.